The van der Waals surface area contributed by atoms with Crippen molar-refractivity contribution in [3.8, 4) is 0 Å². The van der Waals surface area contributed by atoms with Gasteiger partial charge in [-0.2, -0.15) is 4.31 Å². The van der Waals surface area contributed by atoms with Gasteiger partial charge in [0, 0.05) is 48.7 Å². The van der Waals surface area contributed by atoms with Crippen LogP contribution in [0.2, 0.25) is 0 Å². The molecule has 2 saturated heterocycles. The van der Waals surface area contributed by atoms with Gasteiger partial charge < -0.3 is 15.7 Å². The number of rotatable bonds is 4. The number of fused-ring (bicyclic) bond motifs is 1. The van der Waals surface area contributed by atoms with Gasteiger partial charge in [0.1, 0.15) is 5.82 Å². The van der Waals surface area contributed by atoms with Crippen molar-refractivity contribution in [3.63, 3.8) is 0 Å². The molecule has 146 valence electrons. The topological polar surface area (TPSA) is 107 Å². The molecular weight excluding hydrogens is 366 g/mol. The third-order valence-corrected chi connectivity index (χ3v) is 6.74. The van der Waals surface area contributed by atoms with Crippen molar-refractivity contribution in [1.82, 2.24) is 19.6 Å². The van der Waals surface area contributed by atoms with Crippen molar-refractivity contribution < 1.29 is 13.5 Å². The molecule has 0 radical (unpaired) electrons. The lowest BCUT2D eigenvalue weighted by Crippen LogP contribution is -2.51. The van der Waals surface area contributed by atoms with Gasteiger partial charge in [0.2, 0.25) is 10.0 Å². The van der Waals surface area contributed by atoms with Gasteiger partial charge >= 0.3 is 0 Å². The molecule has 2 aliphatic rings. The number of piperidine rings is 1. The molecule has 0 amide bonds. The van der Waals surface area contributed by atoms with Crippen molar-refractivity contribution in [2.75, 3.05) is 37.8 Å². The average Bonchev–Trinajstić information content (AvgIpc) is 3.16. The molecule has 0 aromatic carbocycles. The maximum atomic E-state index is 11.7. The second kappa shape index (κ2) is 7.31. The van der Waals surface area contributed by atoms with Crippen LogP contribution in [0.15, 0.2) is 24.5 Å². The molecule has 2 aromatic rings. The Hall–Kier alpha value is -1.81. The third kappa shape index (κ3) is 3.91. The molecule has 2 aromatic heterocycles. The van der Waals surface area contributed by atoms with Gasteiger partial charge in [-0.05, 0) is 31.5 Å². The van der Waals surface area contributed by atoms with Gasteiger partial charge in [0.05, 0.1) is 24.1 Å². The molecule has 8 nitrogen and oxygen atoms in total. The summed E-state index contributed by atoms with van der Waals surface area (Å²) in [5, 5.41) is 19.2. The Morgan fingerprint density at radius 1 is 1.33 bits per heavy atom. The summed E-state index contributed by atoms with van der Waals surface area (Å²) in [5.74, 6) is 1.08. The number of nitrogens with zero attached hydrogens (tertiary/aromatic N) is 3. The fraction of sp³-hybridized carbons (Fsp3) is 0.556. The third-order valence-electron chi connectivity index (χ3n) is 5.47. The first kappa shape index (κ1) is 18.5. The van der Waals surface area contributed by atoms with E-state index in [9.17, 15) is 13.5 Å². The molecule has 0 aliphatic carbocycles. The zero-order valence-corrected chi connectivity index (χ0v) is 16.1. The summed E-state index contributed by atoms with van der Waals surface area (Å²) in [4.78, 5) is 9.08. The van der Waals surface area contributed by atoms with E-state index in [1.165, 1.54) is 10.6 Å². The van der Waals surface area contributed by atoms with Gasteiger partial charge in [-0.25, -0.2) is 13.4 Å². The number of hydrogen-bond donors (Lipinski definition) is 3. The van der Waals surface area contributed by atoms with Crippen molar-refractivity contribution in [1.29, 1.82) is 0 Å². The fourth-order valence-corrected chi connectivity index (χ4v) is 4.80. The number of aliphatic hydroxyl groups is 1. The summed E-state index contributed by atoms with van der Waals surface area (Å²) in [7, 11) is -3.28. The monoisotopic (exact) mass is 391 g/mol. The number of anilines is 1. The Labute approximate surface area is 159 Å². The van der Waals surface area contributed by atoms with E-state index in [0.717, 1.165) is 36.0 Å². The van der Waals surface area contributed by atoms with Crippen molar-refractivity contribution >= 4 is 26.6 Å². The smallest absolute Gasteiger partial charge is 0.211 e. The van der Waals surface area contributed by atoms with Crippen LogP contribution < -0.4 is 10.6 Å². The fourth-order valence-electron chi connectivity index (χ4n) is 3.94. The van der Waals surface area contributed by atoms with Crippen LogP contribution in [0.1, 0.15) is 24.5 Å². The second-order valence-electron chi connectivity index (χ2n) is 7.40. The highest BCUT2D eigenvalue weighted by molar-refractivity contribution is 7.88. The lowest BCUT2D eigenvalue weighted by Gasteiger charge is -2.35. The highest BCUT2D eigenvalue weighted by atomic mass is 32.2. The molecular formula is C18H25N5O3S. The van der Waals surface area contributed by atoms with Gasteiger partial charge in [-0.15, -0.1) is 0 Å². The summed E-state index contributed by atoms with van der Waals surface area (Å²) >= 11 is 0. The van der Waals surface area contributed by atoms with Crippen molar-refractivity contribution in [2.24, 2.45) is 0 Å². The molecule has 3 N–H and O–H groups in total. The van der Waals surface area contributed by atoms with Crippen LogP contribution in [0.3, 0.4) is 0 Å². The maximum absolute atomic E-state index is 11.7. The molecule has 0 bridgehead atoms. The van der Waals surface area contributed by atoms with Gasteiger partial charge in [-0.1, -0.05) is 0 Å². The highest BCUT2D eigenvalue weighted by Gasteiger charge is 2.32. The van der Waals surface area contributed by atoms with E-state index >= 15 is 0 Å². The lowest BCUT2D eigenvalue weighted by molar-refractivity contribution is 0.0952. The largest absolute Gasteiger partial charge is 0.390 e. The Morgan fingerprint density at radius 2 is 2.19 bits per heavy atom. The highest BCUT2D eigenvalue weighted by Crippen LogP contribution is 2.29. The van der Waals surface area contributed by atoms with Gasteiger partial charge in [0.25, 0.3) is 0 Å². The number of sulfonamides is 1. The molecule has 27 heavy (non-hydrogen) atoms. The van der Waals surface area contributed by atoms with Crippen molar-refractivity contribution in [3.05, 3.63) is 30.2 Å². The number of aliphatic hydroxyl groups excluding tert-OH is 1. The summed E-state index contributed by atoms with van der Waals surface area (Å²) < 4.78 is 24.7. The van der Waals surface area contributed by atoms with Crippen LogP contribution >= 0.6 is 0 Å². The molecule has 3 atom stereocenters. The van der Waals surface area contributed by atoms with E-state index in [0.29, 0.717) is 24.7 Å². The second-order valence-corrected chi connectivity index (χ2v) is 9.39. The standard InChI is InChI=1S/C18H25N5O3S/c1-27(25,26)23-7-4-15(16(24)11-23)22-17-8-14-12(10-21-17)3-6-20-18(14)13-2-5-19-9-13/h3,6,8,10,13,15-16,19,24H,2,4-5,7,9,11H2,1H3,(H,21,22)/t13?,15-,16-/m1/s1. The summed E-state index contributed by atoms with van der Waals surface area (Å²) in [6.45, 7) is 2.43. The number of hydrogen-bond acceptors (Lipinski definition) is 7. The van der Waals surface area contributed by atoms with E-state index in [4.69, 9.17) is 0 Å². The molecule has 4 rings (SSSR count). The minimum absolute atomic E-state index is 0.102. The van der Waals surface area contributed by atoms with Crippen LogP contribution in [0, 0.1) is 0 Å². The average molecular weight is 391 g/mol. The first-order valence-electron chi connectivity index (χ1n) is 9.27. The van der Waals surface area contributed by atoms with Gasteiger partial charge in [0.15, 0.2) is 0 Å². The van der Waals surface area contributed by atoms with E-state index < -0.39 is 16.1 Å². The first-order chi connectivity index (χ1) is 12.9. The molecule has 1 unspecified atom stereocenters. The zero-order valence-electron chi connectivity index (χ0n) is 15.3. The van der Waals surface area contributed by atoms with Crippen LogP contribution in [0.4, 0.5) is 5.82 Å². The molecule has 4 heterocycles. The predicted octanol–water partition coefficient (Wildman–Crippen LogP) is 0.513. The molecule has 0 spiro atoms. The quantitative estimate of drug-likeness (QED) is 0.697. The number of aromatic nitrogens is 2. The normalized spacial score (nSPS) is 27.1. The SMILES string of the molecule is CS(=O)(=O)N1CC[C@@H](Nc2cc3c(C4CCNC4)nccc3cn2)[C@H](O)C1. The minimum atomic E-state index is -3.28. The molecule has 9 heteroatoms. The van der Waals surface area contributed by atoms with Crippen LogP contribution in [-0.2, 0) is 10.0 Å². The predicted molar refractivity (Wildman–Crippen MR) is 104 cm³/mol. The first-order valence-corrected chi connectivity index (χ1v) is 11.1. The molecule has 0 saturated carbocycles. The molecule has 2 aliphatic heterocycles. The van der Waals surface area contributed by atoms with Crippen LogP contribution in [-0.4, -0.2) is 72.4 Å². The summed E-state index contributed by atoms with van der Waals surface area (Å²) in [6.07, 6.45) is 5.64. The number of β-amino-alcohol motifs (C(OH)–C–C–N with tert-alkyl or cyclic N) is 1. The summed E-state index contributed by atoms with van der Waals surface area (Å²) in [5.41, 5.74) is 1.08. The Balaban J connectivity index is 1.55. The van der Waals surface area contributed by atoms with Gasteiger partial charge in [-0.3, -0.25) is 4.98 Å². The van der Waals surface area contributed by atoms with E-state index in [2.05, 4.69) is 20.6 Å². The summed E-state index contributed by atoms with van der Waals surface area (Å²) in [6, 6.07) is 3.71. The van der Waals surface area contributed by atoms with E-state index in [1.54, 1.807) is 0 Å². The van der Waals surface area contributed by atoms with E-state index in [-0.39, 0.29) is 12.6 Å². The lowest BCUT2D eigenvalue weighted by atomic mass is 9.99. The minimum Gasteiger partial charge on any atom is -0.390 e. The van der Waals surface area contributed by atoms with Crippen molar-refractivity contribution in [2.45, 2.75) is 30.9 Å². The number of nitrogens with one attached hydrogen (secondary N) is 2. The Kier molecular flexibility index (Phi) is 5.02. The molecule has 2 fully saturated rings. The number of pyridine rings is 2. The zero-order chi connectivity index (χ0) is 19.0. The van der Waals surface area contributed by atoms with Crippen LogP contribution in [0.25, 0.3) is 10.8 Å². The van der Waals surface area contributed by atoms with E-state index in [1.807, 2.05) is 24.5 Å². The Bertz CT molecular complexity index is 930. The Morgan fingerprint density at radius 3 is 2.89 bits per heavy atom. The maximum Gasteiger partial charge on any atom is 0.211 e. The van der Waals surface area contributed by atoms with Crippen LogP contribution in [0.5, 0.6) is 0 Å².